The van der Waals surface area contributed by atoms with Crippen molar-refractivity contribution in [1.82, 2.24) is 19.5 Å². The second kappa shape index (κ2) is 8.24. The van der Waals surface area contributed by atoms with Crippen molar-refractivity contribution in [1.29, 1.82) is 0 Å². The van der Waals surface area contributed by atoms with Gasteiger partial charge in [0.1, 0.15) is 18.0 Å². The Hall–Kier alpha value is -2.11. The Kier molecular flexibility index (Phi) is 5.99. The van der Waals surface area contributed by atoms with Gasteiger partial charge < -0.3 is 15.2 Å². The summed E-state index contributed by atoms with van der Waals surface area (Å²) in [6.45, 7) is 4.10. The zero-order valence-electron chi connectivity index (χ0n) is 12.8. The number of hydrogen-bond donors (Lipinski definition) is 2. The standard InChI is InChI=1S/C15H24N6/c1-3-6-13-14(16-2)19-11-20-15(13)18-7-4-5-9-21-10-8-17-12-21/h8,10-12H,3-7,9H2,1-2H3,(H2,16,18,19,20). The minimum absolute atomic E-state index is 0.922. The SMILES string of the molecule is CCCc1c(NC)ncnc1NCCCCn1ccnc1. The number of aryl methyl sites for hydroxylation is 1. The van der Waals surface area contributed by atoms with Crippen LogP contribution in [-0.4, -0.2) is 33.1 Å². The van der Waals surface area contributed by atoms with E-state index in [-0.39, 0.29) is 0 Å². The maximum atomic E-state index is 4.38. The summed E-state index contributed by atoms with van der Waals surface area (Å²) in [4.78, 5) is 12.7. The maximum Gasteiger partial charge on any atom is 0.134 e. The number of nitrogens with zero attached hydrogens (tertiary/aromatic N) is 4. The van der Waals surface area contributed by atoms with Crippen LogP contribution in [-0.2, 0) is 13.0 Å². The Bertz CT molecular complexity index is 523. The van der Waals surface area contributed by atoms with Crippen LogP contribution in [0.1, 0.15) is 31.7 Å². The molecule has 2 aromatic heterocycles. The van der Waals surface area contributed by atoms with Gasteiger partial charge in [0.2, 0.25) is 0 Å². The highest BCUT2D eigenvalue weighted by molar-refractivity contribution is 5.57. The summed E-state index contributed by atoms with van der Waals surface area (Å²) in [7, 11) is 1.90. The molecule has 2 rings (SSSR count). The van der Waals surface area contributed by atoms with Gasteiger partial charge in [0.05, 0.1) is 6.33 Å². The monoisotopic (exact) mass is 288 g/mol. The van der Waals surface area contributed by atoms with E-state index in [1.54, 1.807) is 6.33 Å². The van der Waals surface area contributed by atoms with Crippen molar-refractivity contribution in [2.45, 2.75) is 39.2 Å². The summed E-state index contributed by atoms with van der Waals surface area (Å²) < 4.78 is 2.10. The third-order valence-corrected chi connectivity index (χ3v) is 3.38. The van der Waals surface area contributed by atoms with Crippen molar-refractivity contribution >= 4 is 11.6 Å². The largest absolute Gasteiger partial charge is 0.373 e. The predicted octanol–water partition coefficient (Wildman–Crippen LogP) is 2.56. The van der Waals surface area contributed by atoms with Crippen LogP contribution < -0.4 is 10.6 Å². The van der Waals surface area contributed by atoms with E-state index in [1.165, 1.54) is 5.56 Å². The molecule has 0 saturated carbocycles. The quantitative estimate of drug-likeness (QED) is 0.694. The van der Waals surface area contributed by atoms with Crippen molar-refractivity contribution in [3.8, 4) is 0 Å². The van der Waals surface area contributed by atoms with Crippen molar-refractivity contribution in [2.24, 2.45) is 0 Å². The van der Waals surface area contributed by atoms with Crippen LogP contribution in [0.2, 0.25) is 0 Å². The van der Waals surface area contributed by atoms with Gasteiger partial charge in [0.15, 0.2) is 0 Å². The molecule has 2 N–H and O–H groups in total. The summed E-state index contributed by atoms with van der Waals surface area (Å²) in [5.41, 5.74) is 1.18. The van der Waals surface area contributed by atoms with E-state index >= 15 is 0 Å². The average Bonchev–Trinajstić information content (AvgIpc) is 3.01. The van der Waals surface area contributed by atoms with Gasteiger partial charge in [-0.3, -0.25) is 0 Å². The number of unbranched alkanes of at least 4 members (excludes halogenated alkanes) is 1. The molecule has 0 aliphatic carbocycles. The Labute approximate surface area is 126 Å². The molecule has 0 amide bonds. The first kappa shape index (κ1) is 15.3. The normalized spacial score (nSPS) is 10.6. The number of imidazole rings is 1. The fourth-order valence-electron chi connectivity index (χ4n) is 2.31. The van der Waals surface area contributed by atoms with E-state index in [1.807, 2.05) is 25.8 Å². The third-order valence-electron chi connectivity index (χ3n) is 3.38. The fourth-order valence-corrected chi connectivity index (χ4v) is 2.31. The van der Waals surface area contributed by atoms with Gasteiger partial charge in [-0.05, 0) is 19.3 Å². The molecule has 0 aliphatic heterocycles. The minimum Gasteiger partial charge on any atom is -0.373 e. The maximum absolute atomic E-state index is 4.38. The van der Waals surface area contributed by atoms with E-state index in [2.05, 4.69) is 37.1 Å². The average molecular weight is 288 g/mol. The number of rotatable bonds is 9. The van der Waals surface area contributed by atoms with Crippen LogP contribution >= 0.6 is 0 Å². The number of aromatic nitrogens is 4. The highest BCUT2D eigenvalue weighted by Crippen LogP contribution is 2.21. The first-order valence-corrected chi connectivity index (χ1v) is 7.56. The van der Waals surface area contributed by atoms with Crippen LogP contribution in [0.3, 0.4) is 0 Å². The molecule has 0 bridgehead atoms. The first-order valence-electron chi connectivity index (χ1n) is 7.56. The van der Waals surface area contributed by atoms with E-state index in [9.17, 15) is 0 Å². The predicted molar refractivity (Wildman–Crippen MR) is 85.5 cm³/mol. The molecule has 2 heterocycles. The Morgan fingerprint density at radius 1 is 1.19 bits per heavy atom. The van der Waals surface area contributed by atoms with Crippen molar-refractivity contribution < 1.29 is 0 Å². The molecular formula is C15H24N6. The van der Waals surface area contributed by atoms with Crippen molar-refractivity contribution in [2.75, 3.05) is 24.2 Å². The second-order valence-corrected chi connectivity index (χ2v) is 4.98. The van der Waals surface area contributed by atoms with Gasteiger partial charge in [0, 0.05) is 38.1 Å². The minimum atomic E-state index is 0.922. The van der Waals surface area contributed by atoms with E-state index < -0.39 is 0 Å². The second-order valence-electron chi connectivity index (χ2n) is 4.98. The molecule has 21 heavy (non-hydrogen) atoms. The summed E-state index contributed by atoms with van der Waals surface area (Å²) in [5.74, 6) is 1.88. The number of nitrogens with one attached hydrogen (secondary N) is 2. The Morgan fingerprint density at radius 2 is 2.05 bits per heavy atom. The summed E-state index contributed by atoms with van der Waals surface area (Å²) >= 11 is 0. The van der Waals surface area contributed by atoms with Gasteiger partial charge >= 0.3 is 0 Å². The highest BCUT2D eigenvalue weighted by atomic mass is 15.1. The van der Waals surface area contributed by atoms with Gasteiger partial charge in [-0.1, -0.05) is 13.3 Å². The van der Waals surface area contributed by atoms with Crippen LogP contribution in [0.25, 0.3) is 0 Å². The van der Waals surface area contributed by atoms with Crippen molar-refractivity contribution in [3.05, 3.63) is 30.6 Å². The third kappa shape index (κ3) is 4.44. The lowest BCUT2D eigenvalue weighted by atomic mass is 10.1. The summed E-state index contributed by atoms with van der Waals surface area (Å²) in [6, 6.07) is 0. The Balaban J connectivity index is 1.82. The molecule has 0 spiro atoms. The van der Waals surface area contributed by atoms with Crippen LogP contribution in [0.5, 0.6) is 0 Å². The van der Waals surface area contributed by atoms with E-state index in [0.29, 0.717) is 0 Å². The lowest BCUT2D eigenvalue weighted by Crippen LogP contribution is -2.10. The first-order chi connectivity index (χ1) is 10.3. The molecule has 0 fully saturated rings. The summed E-state index contributed by atoms with van der Waals surface area (Å²) in [6.07, 6.45) is 11.6. The van der Waals surface area contributed by atoms with E-state index in [0.717, 1.165) is 50.4 Å². The van der Waals surface area contributed by atoms with E-state index in [4.69, 9.17) is 0 Å². The molecular weight excluding hydrogens is 264 g/mol. The molecule has 0 unspecified atom stereocenters. The lowest BCUT2D eigenvalue weighted by molar-refractivity contribution is 0.620. The zero-order chi connectivity index (χ0) is 14.9. The van der Waals surface area contributed by atoms with Crippen LogP contribution in [0.4, 0.5) is 11.6 Å². The molecule has 114 valence electrons. The lowest BCUT2D eigenvalue weighted by Gasteiger charge is -2.13. The van der Waals surface area contributed by atoms with Gasteiger partial charge in [-0.15, -0.1) is 0 Å². The molecule has 6 heteroatoms. The molecule has 6 nitrogen and oxygen atoms in total. The molecule has 0 aromatic carbocycles. The van der Waals surface area contributed by atoms with Crippen LogP contribution in [0.15, 0.2) is 25.0 Å². The zero-order valence-corrected chi connectivity index (χ0v) is 12.8. The number of hydrogen-bond acceptors (Lipinski definition) is 5. The molecule has 2 aromatic rings. The highest BCUT2D eigenvalue weighted by Gasteiger charge is 2.08. The van der Waals surface area contributed by atoms with Crippen LogP contribution in [0, 0.1) is 0 Å². The Morgan fingerprint density at radius 3 is 2.76 bits per heavy atom. The topological polar surface area (TPSA) is 67.7 Å². The molecule has 0 atom stereocenters. The van der Waals surface area contributed by atoms with Crippen molar-refractivity contribution in [3.63, 3.8) is 0 Å². The summed E-state index contributed by atoms with van der Waals surface area (Å²) in [5, 5.41) is 6.58. The molecule has 0 saturated heterocycles. The molecule has 0 radical (unpaired) electrons. The number of anilines is 2. The fraction of sp³-hybridized carbons (Fsp3) is 0.533. The van der Waals surface area contributed by atoms with Gasteiger partial charge in [0.25, 0.3) is 0 Å². The van der Waals surface area contributed by atoms with Gasteiger partial charge in [-0.25, -0.2) is 15.0 Å². The van der Waals surface area contributed by atoms with Gasteiger partial charge in [-0.2, -0.15) is 0 Å². The molecule has 0 aliphatic rings. The smallest absolute Gasteiger partial charge is 0.134 e.